The van der Waals surface area contributed by atoms with Crippen molar-refractivity contribution in [1.82, 2.24) is 14.9 Å². The number of unbranched alkanes of at least 4 members (excludes halogenated alkanes) is 1. The van der Waals surface area contributed by atoms with Gasteiger partial charge >= 0.3 is 5.97 Å². The lowest BCUT2D eigenvalue weighted by Gasteiger charge is -2.17. The fourth-order valence-corrected chi connectivity index (χ4v) is 4.59. The first kappa shape index (κ1) is 27.1. The fourth-order valence-electron chi connectivity index (χ4n) is 3.77. The molecule has 1 atom stereocenters. The van der Waals surface area contributed by atoms with Crippen LogP contribution in [0.1, 0.15) is 64.9 Å². The second-order valence-electron chi connectivity index (χ2n) is 8.28. The van der Waals surface area contributed by atoms with Gasteiger partial charge in [-0.15, -0.1) is 0 Å². The predicted octanol–water partition coefficient (Wildman–Crippen LogP) is 4.84. The van der Waals surface area contributed by atoms with Gasteiger partial charge in [0.2, 0.25) is 5.91 Å². The number of esters is 1. The van der Waals surface area contributed by atoms with E-state index in [0.717, 1.165) is 48.1 Å². The summed E-state index contributed by atoms with van der Waals surface area (Å²) in [5.41, 5.74) is 2.03. The Labute approximate surface area is 214 Å². The Hall–Kier alpha value is -3.46. The lowest BCUT2D eigenvalue weighted by atomic mass is 10.1. The van der Waals surface area contributed by atoms with E-state index in [2.05, 4.69) is 22.0 Å². The first-order valence-corrected chi connectivity index (χ1v) is 12.6. The van der Waals surface area contributed by atoms with E-state index >= 15 is 0 Å². The molecule has 9 heteroatoms. The molecule has 3 rings (SSSR count). The summed E-state index contributed by atoms with van der Waals surface area (Å²) in [6.07, 6.45) is 4.37. The number of imidazole rings is 1. The number of carbonyl (C=O) groups is 3. The second kappa shape index (κ2) is 13.0. The smallest absolute Gasteiger partial charge is 0.340 e. The minimum Gasteiger partial charge on any atom is -0.465 e. The van der Waals surface area contributed by atoms with Gasteiger partial charge in [-0.05, 0) is 29.7 Å². The maximum absolute atomic E-state index is 14.5. The first-order valence-electron chi connectivity index (χ1n) is 11.7. The predicted molar refractivity (Wildman–Crippen MR) is 137 cm³/mol. The number of carbonyl (C=O) groups excluding carboxylic acids is 3. The second-order valence-corrected chi connectivity index (χ2v) is 9.56. The molecule has 1 unspecified atom stereocenters. The Morgan fingerprint density at radius 3 is 2.56 bits per heavy atom. The fraction of sp³-hybridized carbons (Fsp3) is 0.333. The van der Waals surface area contributed by atoms with Gasteiger partial charge < -0.3 is 14.6 Å². The molecule has 0 spiro atoms. The summed E-state index contributed by atoms with van der Waals surface area (Å²) in [5, 5.41) is 2.12. The van der Waals surface area contributed by atoms with Gasteiger partial charge in [-0.3, -0.25) is 9.59 Å². The molecule has 3 aromatic rings. The van der Waals surface area contributed by atoms with Crippen LogP contribution in [0.25, 0.3) is 0 Å². The van der Waals surface area contributed by atoms with Crippen LogP contribution in [0, 0.1) is 5.82 Å². The van der Waals surface area contributed by atoms with Crippen LogP contribution < -0.4 is 5.32 Å². The molecule has 0 saturated carbocycles. The maximum Gasteiger partial charge on any atom is 0.340 e. The molecule has 7 nitrogen and oxygen atoms in total. The van der Waals surface area contributed by atoms with E-state index in [9.17, 15) is 18.8 Å². The minimum atomic E-state index is -0.731. The van der Waals surface area contributed by atoms with Gasteiger partial charge in [0.25, 0.3) is 0 Å². The van der Waals surface area contributed by atoms with Crippen molar-refractivity contribution in [1.29, 1.82) is 0 Å². The highest BCUT2D eigenvalue weighted by Gasteiger charge is 2.23. The number of rotatable bonds is 11. The van der Waals surface area contributed by atoms with E-state index < -0.39 is 17.0 Å². The maximum atomic E-state index is 14.5. The molecular weight excluding hydrogens is 481 g/mol. The zero-order valence-electron chi connectivity index (χ0n) is 20.6. The van der Waals surface area contributed by atoms with Gasteiger partial charge in [0.1, 0.15) is 16.9 Å². The average molecular weight is 512 g/mol. The van der Waals surface area contributed by atoms with Crippen molar-refractivity contribution in [2.45, 2.75) is 51.4 Å². The number of halogens is 1. The van der Waals surface area contributed by atoms with Crippen molar-refractivity contribution in [3.63, 3.8) is 0 Å². The third-order valence-electron chi connectivity index (χ3n) is 5.62. The van der Waals surface area contributed by atoms with Gasteiger partial charge in [-0.25, -0.2) is 14.2 Å². The molecule has 0 fully saturated rings. The van der Waals surface area contributed by atoms with Gasteiger partial charge in [-0.1, -0.05) is 61.5 Å². The molecule has 0 bridgehead atoms. The third kappa shape index (κ3) is 7.04. The van der Waals surface area contributed by atoms with Crippen LogP contribution in [0.15, 0.2) is 54.7 Å². The number of ether oxygens (including phenoxy) is 1. The molecule has 0 radical (unpaired) electrons. The van der Waals surface area contributed by atoms with Gasteiger partial charge in [0.05, 0.1) is 31.1 Å². The number of aromatic nitrogens is 2. The summed E-state index contributed by atoms with van der Waals surface area (Å²) in [5.74, 6) is -0.837. The molecule has 1 heterocycles. The van der Waals surface area contributed by atoms with Crippen molar-refractivity contribution < 1.29 is 23.5 Å². The first-order chi connectivity index (χ1) is 17.3. The lowest BCUT2D eigenvalue weighted by Crippen LogP contribution is -2.29. The summed E-state index contributed by atoms with van der Waals surface area (Å²) in [6.45, 7) is 4.05. The number of thioether (sulfide) groups is 1. The number of hydrogen-bond acceptors (Lipinski definition) is 6. The molecule has 0 aliphatic heterocycles. The van der Waals surface area contributed by atoms with Crippen LogP contribution in [0.2, 0.25) is 0 Å². The Balaban J connectivity index is 1.82. The van der Waals surface area contributed by atoms with E-state index in [4.69, 9.17) is 0 Å². The number of aryl methyl sites for hydroxylation is 1. The van der Waals surface area contributed by atoms with Crippen molar-refractivity contribution in [3.05, 3.63) is 88.8 Å². The minimum absolute atomic E-state index is 0.125. The van der Waals surface area contributed by atoms with Gasteiger partial charge in [0, 0.05) is 19.9 Å². The van der Waals surface area contributed by atoms with E-state index in [1.54, 1.807) is 12.3 Å². The Morgan fingerprint density at radius 2 is 1.92 bits per heavy atom. The molecular formula is C27H30FN3O4S. The van der Waals surface area contributed by atoms with E-state index in [0.29, 0.717) is 12.1 Å². The molecule has 1 amide bonds. The molecule has 36 heavy (non-hydrogen) atoms. The number of hydrogen-bond donors (Lipinski definition) is 1. The average Bonchev–Trinajstić information content (AvgIpc) is 3.25. The number of benzene rings is 2. The van der Waals surface area contributed by atoms with Crippen LogP contribution in [-0.2, 0) is 33.8 Å². The Bertz CT molecular complexity index is 1210. The summed E-state index contributed by atoms with van der Waals surface area (Å²) >= 11 is 0.973. The number of amides is 1. The highest BCUT2D eigenvalue weighted by molar-refractivity contribution is 8.14. The molecule has 2 aromatic carbocycles. The Kier molecular flexibility index (Phi) is 9.81. The van der Waals surface area contributed by atoms with E-state index in [1.807, 2.05) is 34.9 Å². The van der Waals surface area contributed by atoms with Crippen molar-refractivity contribution in [3.8, 4) is 0 Å². The summed E-state index contributed by atoms with van der Waals surface area (Å²) < 4.78 is 21.1. The van der Waals surface area contributed by atoms with Crippen LogP contribution in [0.4, 0.5) is 4.39 Å². The topological polar surface area (TPSA) is 90.3 Å². The number of nitrogens with zero attached hydrogens (tertiary/aromatic N) is 2. The summed E-state index contributed by atoms with van der Waals surface area (Å²) in [6, 6.07) is 13.5. The summed E-state index contributed by atoms with van der Waals surface area (Å²) in [4.78, 5) is 41.1. The molecule has 0 aliphatic rings. The van der Waals surface area contributed by atoms with Crippen LogP contribution in [-0.4, -0.2) is 33.7 Å². The normalized spacial score (nSPS) is 11.7. The monoisotopic (exact) mass is 511 g/mol. The summed E-state index contributed by atoms with van der Waals surface area (Å²) in [7, 11) is 1.21. The van der Waals surface area contributed by atoms with Crippen LogP contribution >= 0.6 is 11.8 Å². The molecule has 1 N–H and O–H groups in total. The number of methoxy groups -OCH3 is 1. The van der Waals surface area contributed by atoms with Gasteiger partial charge in [-0.2, -0.15) is 0 Å². The highest BCUT2D eigenvalue weighted by Crippen LogP contribution is 2.29. The largest absolute Gasteiger partial charge is 0.465 e. The van der Waals surface area contributed by atoms with Crippen molar-refractivity contribution in [2.75, 3.05) is 7.11 Å². The lowest BCUT2D eigenvalue weighted by molar-refractivity contribution is -0.121. The van der Waals surface area contributed by atoms with Gasteiger partial charge in [0.15, 0.2) is 5.12 Å². The zero-order valence-corrected chi connectivity index (χ0v) is 21.4. The Morgan fingerprint density at radius 1 is 1.17 bits per heavy atom. The SMILES string of the molecule is CCCCc1ncc(CNC(=O)C(SC(C)=O)c2ccccc2)n1Cc1ccc(C(=O)OC)c(F)c1. The molecule has 0 saturated heterocycles. The highest BCUT2D eigenvalue weighted by atomic mass is 32.2. The van der Waals surface area contributed by atoms with Crippen molar-refractivity contribution in [2.24, 2.45) is 0 Å². The van der Waals surface area contributed by atoms with Crippen molar-refractivity contribution >= 4 is 28.8 Å². The molecule has 0 aliphatic carbocycles. The molecule has 190 valence electrons. The van der Waals surface area contributed by atoms with E-state index in [-0.39, 0.29) is 23.1 Å². The zero-order chi connectivity index (χ0) is 26.1. The standard InChI is InChI=1S/C27H30FN3O4S/c1-4-5-11-24-29-15-21(31(24)17-19-12-13-22(23(28)14-19)27(34)35-3)16-30-26(33)25(36-18(2)32)20-9-7-6-8-10-20/h6-10,12-15,25H,4-5,11,16-17H2,1-3H3,(H,30,33). The van der Waals surface area contributed by atoms with Crippen LogP contribution in [0.3, 0.4) is 0 Å². The molecule has 1 aromatic heterocycles. The number of nitrogens with one attached hydrogen (secondary N) is 1. The van der Waals surface area contributed by atoms with E-state index in [1.165, 1.54) is 26.2 Å². The third-order valence-corrected chi connectivity index (χ3v) is 6.68. The van der Waals surface area contributed by atoms with Crippen LogP contribution in [0.5, 0.6) is 0 Å². The quantitative estimate of drug-likeness (QED) is 0.371.